The summed E-state index contributed by atoms with van der Waals surface area (Å²) in [6, 6.07) is 7.56. The molecule has 0 amide bonds. The fraction of sp³-hybridized carbons (Fsp3) is 0.214. The van der Waals surface area contributed by atoms with E-state index >= 15 is 0 Å². The van der Waals surface area contributed by atoms with E-state index in [0.717, 1.165) is 22.1 Å². The van der Waals surface area contributed by atoms with E-state index in [-0.39, 0.29) is 0 Å². The molecule has 0 radical (unpaired) electrons. The van der Waals surface area contributed by atoms with Crippen LogP contribution in [0.25, 0.3) is 0 Å². The van der Waals surface area contributed by atoms with Gasteiger partial charge in [0.15, 0.2) is 5.11 Å². The van der Waals surface area contributed by atoms with Crippen molar-refractivity contribution in [2.24, 2.45) is 5.10 Å². The Hall–Kier alpha value is -1.99. The van der Waals surface area contributed by atoms with Crippen molar-refractivity contribution in [3.05, 3.63) is 40.3 Å². The number of hydrogen-bond acceptors (Lipinski definition) is 5. The van der Waals surface area contributed by atoms with E-state index in [9.17, 15) is 0 Å². The van der Waals surface area contributed by atoms with E-state index in [4.69, 9.17) is 17.0 Å². The monoisotopic (exact) mass is 320 g/mol. The standard InChI is InChI=1S/C14H16N4OS2/c1-3-19-13-6-4-11(5-7-13)17-14(20)18-15-8-12-9-21-10(2)16-12/h4-9H,3H2,1-2H3,(H2,17,18,20)/b15-8-. The van der Waals surface area contributed by atoms with Gasteiger partial charge in [0, 0.05) is 11.1 Å². The summed E-state index contributed by atoms with van der Waals surface area (Å²) in [6.45, 7) is 4.55. The zero-order chi connectivity index (χ0) is 15.1. The van der Waals surface area contributed by atoms with Gasteiger partial charge in [0.25, 0.3) is 0 Å². The van der Waals surface area contributed by atoms with Crippen molar-refractivity contribution in [3.8, 4) is 5.75 Å². The number of hydrogen-bond donors (Lipinski definition) is 2. The topological polar surface area (TPSA) is 58.5 Å². The first kappa shape index (κ1) is 15.4. The van der Waals surface area contributed by atoms with Gasteiger partial charge in [-0.25, -0.2) is 4.98 Å². The van der Waals surface area contributed by atoms with Gasteiger partial charge in [-0.3, -0.25) is 5.43 Å². The summed E-state index contributed by atoms with van der Waals surface area (Å²) in [7, 11) is 0. The van der Waals surface area contributed by atoms with Crippen LogP contribution in [0.1, 0.15) is 17.6 Å². The molecule has 0 saturated heterocycles. The summed E-state index contributed by atoms with van der Waals surface area (Å²) >= 11 is 6.74. The number of nitrogens with zero attached hydrogens (tertiary/aromatic N) is 2. The Balaban J connectivity index is 1.82. The average Bonchev–Trinajstić information content (AvgIpc) is 2.87. The molecule has 2 aromatic rings. The SMILES string of the molecule is CCOc1ccc(NC(=S)N/N=C\c2csc(C)n2)cc1. The van der Waals surface area contributed by atoms with Crippen molar-refractivity contribution in [3.63, 3.8) is 0 Å². The predicted molar refractivity (Wildman–Crippen MR) is 91.4 cm³/mol. The molecule has 1 aromatic heterocycles. The molecule has 2 N–H and O–H groups in total. The first-order chi connectivity index (χ1) is 10.2. The lowest BCUT2D eigenvalue weighted by Gasteiger charge is -2.08. The molecule has 0 aliphatic carbocycles. The highest BCUT2D eigenvalue weighted by atomic mass is 32.1. The summed E-state index contributed by atoms with van der Waals surface area (Å²) in [5.74, 6) is 0.832. The zero-order valence-electron chi connectivity index (χ0n) is 11.8. The molecule has 0 spiro atoms. The molecule has 0 aliphatic rings. The second-order valence-corrected chi connectivity index (χ2v) is 5.54. The molecule has 0 atom stereocenters. The van der Waals surface area contributed by atoms with Crippen molar-refractivity contribution in [2.45, 2.75) is 13.8 Å². The van der Waals surface area contributed by atoms with Crippen molar-refractivity contribution in [2.75, 3.05) is 11.9 Å². The minimum absolute atomic E-state index is 0.419. The second-order valence-electron chi connectivity index (χ2n) is 4.07. The smallest absolute Gasteiger partial charge is 0.191 e. The van der Waals surface area contributed by atoms with Crippen LogP contribution in [0.5, 0.6) is 5.75 Å². The largest absolute Gasteiger partial charge is 0.494 e. The Bertz CT molecular complexity index is 622. The van der Waals surface area contributed by atoms with Gasteiger partial charge in [0.05, 0.1) is 23.5 Å². The van der Waals surface area contributed by atoms with Crippen LogP contribution in [0.15, 0.2) is 34.7 Å². The molecule has 7 heteroatoms. The van der Waals surface area contributed by atoms with Crippen LogP contribution >= 0.6 is 23.6 Å². The molecule has 21 heavy (non-hydrogen) atoms. The number of aryl methyl sites for hydroxylation is 1. The van der Waals surface area contributed by atoms with Gasteiger partial charge < -0.3 is 10.1 Å². The van der Waals surface area contributed by atoms with E-state index in [0.29, 0.717) is 11.7 Å². The summed E-state index contributed by atoms with van der Waals surface area (Å²) in [5, 5.41) is 10.4. The number of ether oxygens (including phenoxy) is 1. The Labute approximate surface area is 133 Å². The summed E-state index contributed by atoms with van der Waals surface area (Å²) in [5.41, 5.74) is 4.44. The number of thiazole rings is 1. The second kappa shape index (κ2) is 7.70. The first-order valence-corrected chi connectivity index (χ1v) is 7.71. The van der Waals surface area contributed by atoms with Gasteiger partial charge in [-0.1, -0.05) is 0 Å². The van der Waals surface area contributed by atoms with E-state index in [1.54, 1.807) is 17.6 Å². The van der Waals surface area contributed by atoms with Crippen LogP contribution < -0.4 is 15.5 Å². The number of anilines is 1. The molecule has 110 valence electrons. The molecular weight excluding hydrogens is 304 g/mol. The van der Waals surface area contributed by atoms with E-state index in [1.165, 1.54) is 0 Å². The maximum Gasteiger partial charge on any atom is 0.191 e. The normalized spacial score (nSPS) is 10.6. The third-order valence-corrected chi connectivity index (χ3v) is 3.41. The minimum atomic E-state index is 0.419. The molecule has 5 nitrogen and oxygen atoms in total. The van der Waals surface area contributed by atoms with Crippen LogP contribution in [0.4, 0.5) is 5.69 Å². The first-order valence-electron chi connectivity index (χ1n) is 6.42. The number of nitrogens with one attached hydrogen (secondary N) is 2. The molecular formula is C14H16N4OS2. The van der Waals surface area contributed by atoms with Gasteiger partial charge in [0.2, 0.25) is 0 Å². The van der Waals surface area contributed by atoms with E-state index in [1.807, 2.05) is 43.5 Å². The maximum atomic E-state index is 5.38. The highest BCUT2D eigenvalue weighted by Gasteiger charge is 1.98. The van der Waals surface area contributed by atoms with E-state index < -0.39 is 0 Å². The zero-order valence-corrected chi connectivity index (χ0v) is 13.4. The number of aromatic nitrogens is 1. The number of thiocarbonyl (C=S) groups is 1. The molecule has 0 unspecified atom stereocenters. The van der Waals surface area contributed by atoms with Gasteiger partial charge in [-0.05, 0) is 50.3 Å². The van der Waals surface area contributed by atoms with Crippen molar-refractivity contribution >= 4 is 40.6 Å². The summed E-state index contributed by atoms with van der Waals surface area (Å²) < 4.78 is 5.38. The lowest BCUT2D eigenvalue weighted by atomic mass is 10.3. The summed E-state index contributed by atoms with van der Waals surface area (Å²) in [4.78, 5) is 4.27. The third kappa shape index (κ3) is 5.13. The van der Waals surface area contributed by atoms with Crippen molar-refractivity contribution < 1.29 is 4.74 Å². The quantitative estimate of drug-likeness (QED) is 0.503. The van der Waals surface area contributed by atoms with Gasteiger partial charge in [-0.15, -0.1) is 11.3 Å². The lowest BCUT2D eigenvalue weighted by Crippen LogP contribution is -2.23. The molecule has 0 saturated carbocycles. The molecule has 0 fully saturated rings. The Kier molecular flexibility index (Phi) is 5.65. The Morgan fingerprint density at radius 3 is 2.81 bits per heavy atom. The van der Waals surface area contributed by atoms with Crippen LogP contribution in [0.3, 0.4) is 0 Å². The van der Waals surface area contributed by atoms with Gasteiger partial charge >= 0.3 is 0 Å². The lowest BCUT2D eigenvalue weighted by molar-refractivity contribution is 0.340. The molecule has 0 aliphatic heterocycles. The maximum absolute atomic E-state index is 5.38. The van der Waals surface area contributed by atoms with Crippen LogP contribution in [0.2, 0.25) is 0 Å². The molecule has 0 bridgehead atoms. The molecule has 1 aromatic carbocycles. The number of benzene rings is 1. The average molecular weight is 320 g/mol. The van der Waals surface area contributed by atoms with E-state index in [2.05, 4.69) is 20.8 Å². The van der Waals surface area contributed by atoms with Crippen molar-refractivity contribution in [1.29, 1.82) is 0 Å². The molecule has 2 rings (SSSR count). The van der Waals surface area contributed by atoms with Gasteiger partial charge in [0.1, 0.15) is 5.75 Å². The Morgan fingerprint density at radius 1 is 1.43 bits per heavy atom. The highest BCUT2D eigenvalue weighted by molar-refractivity contribution is 7.80. The fourth-order valence-electron chi connectivity index (χ4n) is 1.56. The predicted octanol–water partition coefficient (Wildman–Crippen LogP) is 3.17. The number of hydrazone groups is 1. The number of rotatable bonds is 5. The van der Waals surface area contributed by atoms with Crippen LogP contribution in [-0.4, -0.2) is 22.9 Å². The minimum Gasteiger partial charge on any atom is -0.494 e. The van der Waals surface area contributed by atoms with Crippen molar-refractivity contribution in [1.82, 2.24) is 10.4 Å². The third-order valence-electron chi connectivity index (χ3n) is 2.42. The van der Waals surface area contributed by atoms with Gasteiger partial charge in [-0.2, -0.15) is 5.10 Å². The Morgan fingerprint density at radius 2 is 2.19 bits per heavy atom. The van der Waals surface area contributed by atoms with Crippen LogP contribution in [-0.2, 0) is 0 Å². The summed E-state index contributed by atoms with van der Waals surface area (Å²) in [6.07, 6.45) is 1.63. The van der Waals surface area contributed by atoms with Crippen LogP contribution in [0, 0.1) is 6.92 Å². The fourth-order valence-corrected chi connectivity index (χ4v) is 2.29. The highest BCUT2D eigenvalue weighted by Crippen LogP contribution is 2.15. The molecule has 1 heterocycles.